The van der Waals surface area contributed by atoms with Crippen LogP contribution in [0.25, 0.3) is 0 Å². The fourth-order valence-corrected chi connectivity index (χ4v) is 4.86. The molecule has 0 amide bonds. The molecule has 122 valence electrons. The van der Waals surface area contributed by atoms with Crippen LogP contribution in [0, 0.1) is 23.7 Å². The first kappa shape index (κ1) is 17.0. The predicted molar refractivity (Wildman–Crippen MR) is 90.3 cm³/mol. The monoisotopic (exact) mass is 292 g/mol. The minimum absolute atomic E-state index is 0.391. The molecule has 2 rings (SSSR count). The highest BCUT2D eigenvalue weighted by Crippen LogP contribution is 2.37. The Balaban J connectivity index is 1.64. The quantitative estimate of drug-likeness (QED) is 0.490. The van der Waals surface area contributed by atoms with Crippen molar-refractivity contribution in [1.29, 1.82) is 0 Å². The van der Waals surface area contributed by atoms with Crippen LogP contribution in [0.3, 0.4) is 0 Å². The van der Waals surface area contributed by atoms with Crippen molar-refractivity contribution in [1.82, 2.24) is 0 Å². The lowest BCUT2D eigenvalue weighted by atomic mass is 9.74. The molecule has 0 bridgehead atoms. The highest BCUT2D eigenvalue weighted by Gasteiger charge is 2.25. The normalized spacial score (nSPS) is 33.8. The average molecular weight is 293 g/mol. The molecular weight excluding hydrogens is 256 g/mol. The molecule has 0 spiro atoms. The van der Waals surface area contributed by atoms with Gasteiger partial charge in [-0.15, -0.1) is 0 Å². The summed E-state index contributed by atoms with van der Waals surface area (Å²) in [6.07, 6.45) is 20.7. The topological polar surface area (TPSA) is 17.1 Å². The lowest BCUT2D eigenvalue weighted by Crippen LogP contribution is -2.21. The third kappa shape index (κ3) is 5.75. The summed E-state index contributed by atoms with van der Waals surface area (Å²) in [6.45, 7) is 2.31. The van der Waals surface area contributed by atoms with Gasteiger partial charge in [-0.05, 0) is 43.4 Å². The third-order valence-electron chi connectivity index (χ3n) is 6.19. The second-order valence-electron chi connectivity index (χ2n) is 7.82. The van der Waals surface area contributed by atoms with E-state index >= 15 is 0 Å². The minimum atomic E-state index is 0.391. The van der Waals surface area contributed by atoms with Crippen LogP contribution in [0.1, 0.15) is 96.8 Å². The zero-order valence-electron chi connectivity index (χ0n) is 14.2. The van der Waals surface area contributed by atoms with Gasteiger partial charge in [0.05, 0.1) is 0 Å². The van der Waals surface area contributed by atoms with Crippen LogP contribution in [-0.4, -0.2) is 6.29 Å². The molecule has 0 aromatic rings. The maximum absolute atomic E-state index is 11.2. The summed E-state index contributed by atoms with van der Waals surface area (Å²) >= 11 is 0. The van der Waals surface area contributed by atoms with Gasteiger partial charge in [-0.1, -0.05) is 71.1 Å². The molecule has 21 heavy (non-hydrogen) atoms. The minimum Gasteiger partial charge on any atom is -0.303 e. The van der Waals surface area contributed by atoms with Crippen LogP contribution in [0.5, 0.6) is 0 Å². The lowest BCUT2D eigenvalue weighted by Gasteiger charge is -2.31. The molecule has 0 heterocycles. The van der Waals surface area contributed by atoms with Gasteiger partial charge in [0.15, 0.2) is 0 Å². The largest absolute Gasteiger partial charge is 0.303 e. The van der Waals surface area contributed by atoms with Gasteiger partial charge in [0.2, 0.25) is 0 Å². The Kier molecular flexibility index (Phi) is 7.82. The summed E-state index contributed by atoms with van der Waals surface area (Å²) in [5.41, 5.74) is 0. The van der Waals surface area contributed by atoms with Gasteiger partial charge >= 0.3 is 0 Å². The molecule has 2 saturated carbocycles. The van der Waals surface area contributed by atoms with E-state index in [1.165, 1.54) is 89.8 Å². The van der Waals surface area contributed by atoms with Crippen LogP contribution < -0.4 is 0 Å². The second kappa shape index (κ2) is 9.64. The van der Waals surface area contributed by atoms with Gasteiger partial charge in [-0.2, -0.15) is 0 Å². The Morgan fingerprint density at radius 2 is 1.57 bits per heavy atom. The summed E-state index contributed by atoms with van der Waals surface area (Å²) in [6, 6.07) is 0. The van der Waals surface area contributed by atoms with E-state index in [-0.39, 0.29) is 0 Å². The van der Waals surface area contributed by atoms with Crippen LogP contribution in [-0.2, 0) is 4.79 Å². The maximum Gasteiger partial charge on any atom is 0.123 e. The van der Waals surface area contributed by atoms with Crippen molar-refractivity contribution >= 4 is 6.29 Å². The van der Waals surface area contributed by atoms with Crippen molar-refractivity contribution in [2.75, 3.05) is 0 Å². The molecule has 4 unspecified atom stereocenters. The van der Waals surface area contributed by atoms with Gasteiger partial charge in [-0.25, -0.2) is 0 Å². The van der Waals surface area contributed by atoms with Crippen LogP contribution in [0.4, 0.5) is 0 Å². The standard InChI is InChI=1S/C20H36O/c1-2-3-8-17-9-6-10-18(15-17)11-7-14-19-12-4-5-13-20(19)16-21/h16-20H,2-15H2,1H3. The van der Waals surface area contributed by atoms with Crippen LogP contribution >= 0.6 is 0 Å². The van der Waals surface area contributed by atoms with Crippen molar-refractivity contribution in [2.45, 2.75) is 96.8 Å². The summed E-state index contributed by atoms with van der Waals surface area (Å²) < 4.78 is 0. The SMILES string of the molecule is CCCCC1CCCC(CCCC2CCCCC2C=O)C1. The first-order valence-corrected chi connectivity index (χ1v) is 9.78. The Morgan fingerprint density at radius 1 is 0.857 bits per heavy atom. The molecule has 4 atom stereocenters. The number of aldehydes is 1. The van der Waals surface area contributed by atoms with Crippen LogP contribution in [0.15, 0.2) is 0 Å². The number of unbranched alkanes of at least 4 members (excludes halogenated alkanes) is 1. The molecule has 1 nitrogen and oxygen atoms in total. The molecule has 0 N–H and O–H groups in total. The molecular formula is C20H36O. The summed E-state index contributed by atoms with van der Waals surface area (Å²) in [4.78, 5) is 11.2. The van der Waals surface area contributed by atoms with Gasteiger partial charge in [0, 0.05) is 5.92 Å². The smallest absolute Gasteiger partial charge is 0.123 e. The van der Waals surface area contributed by atoms with E-state index in [0.717, 1.165) is 24.2 Å². The molecule has 0 radical (unpaired) electrons. The van der Waals surface area contributed by atoms with E-state index in [1.54, 1.807) is 0 Å². The molecule has 1 heteroatoms. The zero-order chi connectivity index (χ0) is 14.9. The Morgan fingerprint density at radius 3 is 2.29 bits per heavy atom. The molecule has 2 aliphatic carbocycles. The highest BCUT2D eigenvalue weighted by atomic mass is 16.1. The molecule has 0 aliphatic heterocycles. The highest BCUT2D eigenvalue weighted by molar-refractivity contribution is 5.54. The van der Waals surface area contributed by atoms with E-state index in [9.17, 15) is 4.79 Å². The first-order chi connectivity index (χ1) is 10.3. The van der Waals surface area contributed by atoms with Gasteiger partial charge in [0.25, 0.3) is 0 Å². The molecule has 2 aliphatic rings. The maximum atomic E-state index is 11.2. The van der Waals surface area contributed by atoms with Crippen molar-refractivity contribution in [3.8, 4) is 0 Å². The Hall–Kier alpha value is -0.330. The van der Waals surface area contributed by atoms with E-state index in [2.05, 4.69) is 6.92 Å². The van der Waals surface area contributed by atoms with E-state index in [0.29, 0.717) is 5.92 Å². The molecule has 2 fully saturated rings. The Labute approximate surface area is 132 Å². The van der Waals surface area contributed by atoms with Crippen molar-refractivity contribution < 1.29 is 4.79 Å². The first-order valence-electron chi connectivity index (χ1n) is 9.78. The summed E-state index contributed by atoms with van der Waals surface area (Å²) in [5, 5.41) is 0. The fraction of sp³-hybridized carbons (Fsp3) is 0.950. The number of hydrogen-bond donors (Lipinski definition) is 0. The van der Waals surface area contributed by atoms with Gasteiger partial charge in [0.1, 0.15) is 6.29 Å². The average Bonchev–Trinajstić information content (AvgIpc) is 2.54. The van der Waals surface area contributed by atoms with E-state index in [4.69, 9.17) is 0 Å². The number of hydrogen-bond acceptors (Lipinski definition) is 1. The summed E-state index contributed by atoms with van der Waals surface area (Å²) in [5.74, 6) is 3.14. The molecule has 0 aromatic carbocycles. The predicted octanol–water partition coefficient (Wildman–Crippen LogP) is 6.16. The van der Waals surface area contributed by atoms with Crippen molar-refractivity contribution in [2.24, 2.45) is 23.7 Å². The number of carbonyl (C=O) groups excluding carboxylic acids is 1. The summed E-state index contributed by atoms with van der Waals surface area (Å²) in [7, 11) is 0. The number of rotatable bonds is 8. The number of carbonyl (C=O) groups is 1. The molecule has 0 aromatic heterocycles. The Bertz CT molecular complexity index is 286. The molecule has 0 saturated heterocycles. The van der Waals surface area contributed by atoms with Crippen LogP contribution in [0.2, 0.25) is 0 Å². The van der Waals surface area contributed by atoms with E-state index < -0.39 is 0 Å². The van der Waals surface area contributed by atoms with Crippen molar-refractivity contribution in [3.05, 3.63) is 0 Å². The van der Waals surface area contributed by atoms with Crippen molar-refractivity contribution in [3.63, 3.8) is 0 Å². The van der Waals surface area contributed by atoms with Gasteiger partial charge in [-0.3, -0.25) is 0 Å². The van der Waals surface area contributed by atoms with E-state index in [1.807, 2.05) is 0 Å². The van der Waals surface area contributed by atoms with Gasteiger partial charge < -0.3 is 4.79 Å². The third-order valence-corrected chi connectivity index (χ3v) is 6.19. The second-order valence-corrected chi connectivity index (χ2v) is 7.82. The fourth-order valence-electron chi connectivity index (χ4n) is 4.86. The lowest BCUT2D eigenvalue weighted by molar-refractivity contribution is -0.113. The zero-order valence-corrected chi connectivity index (χ0v) is 14.2.